The Morgan fingerprint density at radius 1 is 1.32 bits per heavy atom. The van der Waals surface area contributed by atoms with Crippen LogP contribution >= 0.6 is 0 Å². The number of hydrogen-bond donors (Lipinski definition) is 1. The number of aryl methyl sites for hydroxylation is 2. The Morgan fingerprint density at radius 2 is 2.21 bits per heavy atom. The minimum atomic E-state index is 0.338. The molecule has 0 radical (unpaired) electrons. The van der Waals surface area contributed by atoms with Crippen LogP contribution in [-0.2, 0) is 6.42 Å². The maximum absolute atomic E-state index is 4.20. The van der Waals surface area contributed by atoms with Gasteiger partial charge in [-0.1, -0.05) is 29.8 Å². The molecule has 2 nitrogen and oxygen atoms in total. The molecular weight excluding hydrogens is 232 g/mol. The summed E-state index contributed by atoms with van der Waals surface area (Å²) >= 11 is 0. The minimum Gasteiger partial charge on any atom is -0.303 e. The van der Waals surface area contributed by atoms with Crippen LogP contribution in [0, 0.1) is 6.92 Å². The van der Waals surface area contributed by atoms with Gasteiger partial charge in [-0.05, 0) is 49.4 Å². The van der Waals surface area contributed by atoms with Crippen LogP contribution < -0.4 is 5.32 Å². The summed E-state index contributed by atoms with van der Waals surface area (Å²) in [6.45, 7) is 4.38. The largest absolute Gasteiger partial charge is 0.303 e. The number of pyridine rings is 1. The van der Waals surface area contributed by atoms with Gasteiger partial charge in [-0.15, -0.1) is 0 Å². The molecule has 0 saturated heterocycles. The van der Waals surface area contributed by atoms with E-state index in [1.54, 1.807) is 0 Å². The first-order chi connectivity index (χ1) is 9.24. The molecule has 1 heterocycles. The molecule has 1 aliphatic carbocycles. The third-order valence-corrected chi connectivity index (χ3v) is 4.01. The quantitative estimate of drug-likeness (QED) is 0.900. The molecule has 2 atom stereocenters. The molecule has 2 unspecified atom stereocenters. The van der Waals surface area contributed by atoms with Crippen LogP contribution in [0.3, 0.4) is 0 Å². The third-order valence-electron chi connectivity index (χ3n) is 4.01. The van der Waals surface area contributed by atoms with E-state index in [1.807, 2.05) is 18.5 Å². The second kappa shape index (κ2) is 5.14. The molecule has 0 fully saturated rings. The van der Waals surface area contributed by atoms with Crippen LogP contribution in [0.1, 0.15) is 47.7 Å². The van der Waals surface area contributed by atoms with E-state index >= 15 is 0 Å². The van der Waals surface area contributed by atoms with Crippen molar-refractivity contribution in [2.24, 2.45) is 0 Å². The van der Waals surface area contributed by atoms with E-state index in [9.17, 15) is 0 Å². The molecule has 1 aromatic heterocycles. The zero-order valence-electron chi connectivity index (χ0n) is 11.6. The molecule has 3 rings (SSSR count). The Kier molecular flexibility index (Phi) is 3.34. The summed E-state index contributed by atoms with van der Waals surface area (Å²) in [7, 11) is 0. The zero-order chi connectivity index (χ0) is 13.2. The maximum atomic E-state index is 4.20. The summed E-state index contributed by atoms with van der Waals surface area (Å²) in [4.78, 5) is 4.20. The Morgan fingerprint density at radius 3 is 3.00 bits per heavy atom. The molecule has 0 aliphatic heterocycles. The number of aromatic nitrogens is 1. The summed E-state index contributed by atoms with van der Waals surface area (Å²) < 4.78 is 0. The number of hydrogen-bond acceptors (Lipinski definition) is 2. The molecular formula is C17H20N2. The van der Waals surface area contributed by atoms with Crippen molar-refractivity contribution in [3.63, 3.8) is 0 Å². The summed E-state index contributed by atoms with van der Waals surface area (Å²) in [5, 5.41) is 3.74. The molecule has 2 heteroatoms. The van der Waals surface area contributed by atoms with Crippen molar-refractivity contribution in [2.45, 2.75) is 38.8 Å². The van der Waals surface area contributed by atoms with Crippen molar-refractivity contribution in [3.05, 3.63) is 65.0 Å². The summed E-state index contributed by atoms with van der Waals surface area (Å²) in [5.74, 6) is 0. The van der Waals surface area contributed by atoms with Crippen molar-refractivity contribution in [1.82, 2.24) is 10.3 Å². The lowest BCUT2D eigenvalue weighted by atomic mass is 10.0. The molecule has 0 amide bonds. The van der Waals surface area contributed by atoms with Gasteiger partial charge < -0.3 is 5.32 Å². The van der Waals surface area contributed by atoms with Gasteiger partial charge in [-0.25, -0.2) is 0 Å². The fraction of sp³-hybridized carbons (Fsp3) is 0.353. The Bertz CT molecular complexity index is 563. The minimum absolute atomic E-state index is 0.338. The lowest BCUT2D eigenvalue weighted by molar-refractivity contribution is 0.464. The van der Waals surface area contributed by atoms with Gasteiger partial charge in [-0.2, -0.15) is 0 Å². The van der Waals surface area contributed by atoms with Crippen LogP contribution in [0.4, 0.5) is 0 Å². The van der Waals surface area contributed by atoms with Crippen molar-refractivity contribution in [1.29, 1.82) is 0 Å². The van der Waals surface area contributed by atoms with Crippen LogP contribution in [0.25, 0.3) is 0 Å². The van der Waals surface area contributed by atoms with Gasteiger partial charge in [0.15, 0.2) is 0 Å². The van der Waals surface area contributed by atoms with E-state index in [4.69, 9.17) is 0 Å². The first-order valence-corrected chi connectivity index (χ1v) is 6.99. The second-order valence-electron chi connectivity index (χ2n) is 5.47. The lowest BCUT2D eigenvalue weighted by Gasteiger charge is -2.20. The summed E-state index contributed by atoms with van der Waals surface area (Å²) in [5.41, 5.74) is 5.59. The second-order valence-corrected chi connectivity index (χ2v) is 5.47. The number of benzene rings is 1. The van der Waals surface area contributed by atoms with Crippen LogP contribution in [-0.4, -0.2) is 4.98 Å². The molecule has 98 valence electrons. The standard InChI is InChI=1S/C17H20N2/c1-12-5-6-14-7-8-17(16(14)10-12)19-13(2)15-4-3-9-18-11-15/h3-6,9-11,13,17,19H,7-8H2,1-2H3. The number of fused-ring (bicyclic) bond motifs is 1. The Labute approximate surface area is 114 Å². The van der Waals surface area contributed by atoms with Crippen molar-refractivity contribution in [2.75, 3.05) is 0 Å². The van der Waals surface area contributed by atoms with E-state index in [1.165, 1.54) is 35.1 Å². The molecule has 1 aromatic carbocycles. The monoisotopic (exact) mass is 252 g/mol. The predicted molar refractivity (Wildman–Crippen MR) is 78.0 cm³/mol. The molecule has 0 spiro atoms. The van der Waals surface area contributed by atoms with Gasteiger partial charge in [0.2, 0.25) is 0 Å². The van der Waals surface area contributed by atoms with Crippen LogP contribution in [0.15, 0.2) is 42.7 Å². The SMILES string of the molecule is Cc1ccc2c(c1)C(NC(C)c1cccnc1)CC2. The first kappa shape index (κ1) is 12.4. The van der Waals surface area contributed by atoms with E-state index < -0.39 is 0 Å². The van der Waals surface area contributed by atoms with E-state index in [-0.39, 0.29) is 0 Å². The van der Waals surface area contributed by atoms with Crippen LogP contribution in [0.2, 0.25) is 0 Å². The molecule has 0 bridgehead atoms. The fourth-order valence-electron chi connectivity index (χ4n) is 2.92. The zero-order valence-corrected chi connectivity index (χ0v) is 11.6. The highest BCUT2D eigenvalue weighted by molar-refractivity contribution is 5.37. The molecule has 19 heavy (non-hydrogen) atoms. The van der Waals surface area contributed by atoms with Crippen molar-refractivity contribution < 1.29 is 0 Å². The normalized spacial score (nSPS) is 19.2. The van der Waals surface area contributed by atoms with Crippen molar-refractivity contribution >= 4 is 0 Å². The average molecular weight is 252 g/mol. The molecule has 1 N–H and O–H groups in total. The smallest absolute Gasteiger partial charge is 0.0331 e. The number of nitrogens with zero attached hydrogens (tertiary/aromatic N) is 1. The number of rotatable bonds is 3. The van der Waals surface area contributed by atoms with Crippen molar-refractivity contribution in [3.8, 4) is 0 Å². The lowest BCUT2D eigenvalue weighted by Crippen LogP contribution is -2.23. The van der Waals surface area contributed by atoms with Gasteiger partial charge in [0, 0.05) is 24.5 Å². The summed E-state index contributed by atoms with van der Waals surface area (Å²) in [6, 6.07) is 11.8. The maximum Gasteiger partial charge on any atom is 0.0331 e. The molecule has 0 saturated carbocycles. The predicted octanol–water partition coefficient (Wildman–Crippen LogP) is 3.73. The van der Waals surface area contributed by atoms with E-state index in [0.29, 0.717) is 12.1 Å². The number of nitrogens with one attached hydrogen (secondary N) is 1. The summed E-state index contributed by atoms with van der Waals surface area (Å²) in [6.07, 6.45) is 6.16. The Balaban J connectivity index is 1.78. The fourth-order valence-corrected chi connectivity index (χ4v) is 2.92. The van der Waals surface area contributed by atoms with E-state index in [2.05, 4.69) is 48.4 Å². The first-order valence-electron chi connectivity index (χ1n) is 6.99. The van der Waals surface area contributed by atoms with Gasteiger partial charge in [0.25, 0.3) is 0 Å². The van der Waals surface area contributed by atoms with E-state index in [0.717, 1.165) is 0 Å². The highest BCUT2D eigenvalue weighted by Crippen LogP contribution is 2.33. The molecule has 2 aromatic rings. The topological polar surface area (TPSA) is 24.9 Å². The molecule has 1 aliphatic rings. The average Bonchev–Trinajstić information content (AvgIpc) is 2.82. The highest BCUT2D eigenvalue weighted by atomic mass is 15.0. The van der Waals surface area contributed by atoms with Gasteiger partial charge in [-0.3, -0.25) is 4.98 Å². The van der Waals surface area contributed by atoms with Gasteiger partial charge in [0.05, 0.1) is 0 Å². The third kappa shape index (κ3) is 2.54. The van der Waals surface area contributed by atoms with Gasteiger partial charge >= 0.3 is 0 Å². The van der Waals surface area contributed by atoms with Gasteiger partial charge in [0.1, 0.15) is 0 Å². The highest BCUT2D eigenvalue weighted by Gasteiger charge is 2.23. The Hall–Kier alpha value is -1.67. The van der Waals surface area contributed by atoms with Crippen LogP contribution in [0.5, 0.6) is 0 Å².